The van der Waals surface area contributed by atoms with Gasteiger partial charge in [0.25, 0.3) is 23.4 Å². The Kier molecular flexibility index (Phi) is 6.66. The highest BCUT2D eigenvalue weighted by Crippen LogP contribution is 2.22. The molecule has 0 bridgehead atoms. The van der Waals surface area contributed by atoms with Gasteiger partial charge in [-0.2, -0.15) is 0 Å². The van der Waals surface area contributed by atoms with Crippen LogP contribution in [-0.4, -0.2) is 29.2 Å². The van der Waals surface area contributed by atoms with Gasteiger partial charge < -0.3 is 5.32 Å². The highest BCUT2D eigenvalue weighted by Gasteiger charge is 2.15. The summed E-state index contributed by atoms with van der Waals surface area (Å²) in [4.78, 5) is 46.0. The number of nitrogens with one attached hydrogen (secondary N) is 3. The number of non-ortho nitro benzene ring substituents is 1. The van der Waals surface area contributed by atoms with E-state index in [9.17, 15) is 24.5 Å². The van der Waals surface area contributed by atoms with E-state index in [2.05, 4.69) is 36.9 Å². The maximum atomic E-state index is 12.1. The van der Waals surface area contributed by atoms with E-state index in [0.717, 1.165) is 11.6 Å². The molecule has 3 N–H and O–H groups in total. The third-order valence-electron chi connectivity index (χ3n) is 4.06. The molecule has 29 heavy (non-hydrogen) atoms. The van der Waals surface area contributed by atoms with Gasteiger partial charge >= 0.3 is 0 Å². The number of nitrogens with zero attached hydrogens (tertiary/aromatic N) is 1. The second-order valence-corrected chi connectivity index (χ2v) is 7.32. The topological polar surface area (TPSA) is 130 Å². The summed E-state index contributed by atoms with van der Waals surface area (Å²) in [7, 11) is 0. The predicted octanol–water partition coefficient (Wildman–Crippen LogP) is 2.08. The van der Waals surface area contributed by atoms with Crippen LogP contribution in [0.3, 0.4) is 0 Å². The van der Waals surface area contributed by atoms with E-state index in [1.54, 1.807) is 12.1 Å². The molecule has 9 nitrogen and oxygen atoms in total. The second kappa shape index (κ2) is 8.96. The smallest absolute Gasteiger partial charge is 0.270 e. The molecule has 0 unspecified atom stereocenters. The minimum Gasteiger partial charge on any atom is -0.343 e. The molecule has 152 valence electrons. The molecule has 0 aliphatic heterocycles. The lowest BCUT2D eigenvalue weighted by molar-refractivity contribution is -0.384. The number of amides is 3. The number of hydrogen-bond donors (Lipinski definition) is 3. The van der Waals surface area contributed by atoms with Crippen molar-refractivity contribution >= 4 is 23.4 Å². The average Bonchev–Trinajstić information content (AvgIpc) is 2.69. The average molecular weight is 398 g/mol. The zero-order chi connectivity index (χ0) is 21.6. The molecule has 2 aromatic rings. The first kappa shape index (κ1) is 21.5. The lowest BCUT2D eigenvalue weighted by atomic mass is 9.87. The molecule has 3 amide bonds. The van der Waals surface area contributed by atoms with Gasteiger partial charge in [-0.1, -0.05) is 39.0 Å². The molecule has 0 aromatic heterocycles. The van der Waals surface area contributed by atoms with Crippen LogP contribution in [0.4, 0.5) is 5.69 Å². The summed E-state index contributed by atoms with van der Waals surface area (Å²) < 4.78 is 0. The highest BCUT2D eigenvalue weighted by molar-refractivity contribution is 5.98. The molecule has 0 heterocycles. The highest BCUT2D eigenvalue weighted by atomic mass is 16.6. The van der Waals surface area contributed by atoms with Gasteiger partial charge in [-0.3, -0.25) is 35.3 Å². The second-order valence-electron chi connectivity index (χ2n) is 7.32. The van der Waals surface area contributed by atoms with Crippen molar-refractivity contribution in [2.24, 2.45) is 0 Å². The Labute approximate surface area is 167 Å². The van der Waals surface area contributed by atoms with E-state index in [1.165, 1.54) is 18.2 Å². The van der Waals surface area contributed by atoms with Crippen LogP contribution in [0.25, 0.3) is 0 Å². The monoisotopic (exact) mass is 398 g/mol. The molecule has 2 rings (SSSR count). The molecule has 0 aliphatic rings. The SMILES string of the molecule is CC(C)(C)c1ccc(C(=O)NCC(=O)NNC(=O)c2cccc([N+](=O)[O-])c2)cc1. The maximum absolute atomic E-state index is 12.1. The Balaban J connectivity index is 1.83. The largest absolute Gasteiger partial charge is 0.343 e. The van der Waals surface area contributed by atoms with E-state index in [4.69, 9.17) is 0 Å². The van der Waals surface area contributed by atoms with Gasteiger partial charge in [-0.25, -0.2) is 0 Å². The number of nitro benzene ring substituents is 1. The first-order valence-electron chi connectivity index (χ1n) is 8.80. The molecule has 0 atom stereocenters. The zero-order valence-corrected chi connectivity index (χ0v) is 16.3. The maximum Gasteiger partial charge on any atom is 0.270 e. The zero-order valence-electron chi connectivity index (χ0n) is 16.3. The fourth-order valence-corrected chi connectivity index (χ4v) is 2.39. The molecule has 0 saturated heterocycles. The molecule has 0 fully saturated rings. The fourth-order valence-electron chi connectivity index (χ4n) is 2.39. The molecular weight excluding hydrogens is 376 g/mol. The van der Waals surface area contributed by atoms with Gasteiger partial charge in [-0.05, 0) is 29.2 Å². The normalized spacial score (nSPS) is 10.7. The van der Waals surface area contributed by atoms with Crippen LogP contribution in [0.2, 0.25) is 0 Å². The molecule has 0 aliphatic carbocycles. The van der Waals surface area contributed by atoms with E-state index < -0.39 is 22.6 Å². The molecule has 2 aromatic carbocycles. The first-order valence-corrected chi connectivity index (χ1v) is 8.80. The number of hydrazine groups is 1. The van der Waals surface area contributed by atoms with Crippen LogP contribution in [0.5, 0.6) is 0 Å². The lowest BCUT2D eigenvalue weighted by Crippen LogP contribution is -2.46. The van der Waals surface area contributed by atoms with Crippen LogP contribution in [0.1, 0.15) is 47.1 Å². The van der Waals surface area contributed by atoms with Crippen molar-refractivity contribution < 1.29 is 19.3 Å². The summed E-state index contributed by atoms with van der Waals surface area (Å²) >= 11 is 0. The Morgan fingerprint density at radius 1 is 0.931 bits per heavy atom. The number of nitro groups is 1. The minimum absolute atomic E-state index is 0.0162. The Bertz CT molecular complexity index is 933. The van der Waals surface area contributed by atoms with Crippen LogP contribution >= 0.6 is 0 Å². The van der Waals surface area contributed by atoms with Gasteiger partial charge in [0.15, 0.2) is 0 Å². The summed E-state index contributed by atoms with van der Waals surface area (Å²) in [5, 5.41) is 13.2. The summed E-state index contributed by atoms with van der Waals surface area (Å²) in [6.45, 7) is 5.84. The van der Waals surface area contributed by atoms with Gasteiger partial charge in [0.2, 0.25) is 0 Å². The standard InChI is InChI=1S/C20H22N4O5/c1-20(2,3)15-9-7-13(8-10-15)18(26)21-12-17(25)22-23-19(27)14-5-4-6-16(11-14)24(28)29/h4-11H,12H2,1-3H3,(H,21,26)(H,22,25)(H,23,27). The van der Waals surface area contributed by atoms with Crippen LogP contribution in [0, 0.1) is 10.1 Å². The number of carbonyl (C=O) groups excluding carboxylic acids is 3. The van der Waals surface area contributed by atoms with Gasteiger partial charge in [0, 0.05) is 23.3 Å². The van der Waals surface area contributed by atoms with Crippen molar-refractivity contribution in [3.8, 4) is 0 Å². The summed E-state index contributed by atoms with van der Waals surface area (Å²) in [6.07, 6.45) is 0. The van der Waals surface area contributed by atoms with E-state index in [1.807, 2.05) is 12.1 Å². The third kappa shape index (κ3) is 6.13. The number of rotatable bonds is 5. The first-order chi connectivity index (χ1) is 13.6. The molecular formula is C20H22N4O5. The molecule has 9 heteroatoms. The van der Waals surface area contributed by atoms with Gasteiger partial charge in [0.1, 0.15) is 0 Å². The van der Waals surface area contributed by atoms with Crippen LogP contribution < -0.4 is 16.2 Å². The van der Waals surface area contributed by atoms with Crippen molar-refractivity contribution in [1.82, 2.24) is 16.2 Å². The number of hydrogen-bond acceptors (Lipinski definition) is 5. The lowest BCUT2D eigenvalue weighted by Gasteiger charge is -2.19. The van der Waals surface area contributed by atoms with Crippen molar-refractivity contribution in [2.45, 2.75) is 26.2 Å². The van der Waals surface area contributed by atoms with E-state index in [-0.39, 0.29) is 23.2 Å². The minimum atomic E-state index is -0.717. The summed E-state index contributed by atoms with van der Waals surface area (Å²) in [5.74, 6) is -1.79. The quantitative estimate of drug-likeness (QED) is 0.524. The molecule has 0 spiro atoms. The third-order valence-corrected chi connectivity index (χ3v) is 4.06. The molecule has 0 radical (unpaired) electrons. The Hall–Kier alpha value is -3.75. The predicted molar refractivity (Wildman–Crippen MR) is 106 cm³/mol. The van der Waals surface area contributed by atoms with Crippen molar-refractivity contribution in [2.75, 3.05) is 6.54 Å². The number of carbonyl (C=O) groups is 3. The van der Waals surface area contributed by atoms with Crippen molar-refractivity contribution in [3.05, 3.63) is 75.3 Å². The van der Waals surface area contributed by atoms with Crippen molar-refractivity contribution in [3.63, 3.8) is 0 Å². The van der Waals surface area contributed by atoms with E-state index >= 15 is 0 Å². The van der Waals surface area contributed by atoms with Gasteiger partial charge in [-0.15, -0.1) is 0 Å². The van der Waals surface area contributed by atoms with Gasteiger partial charge in [0.05, 0.1) is 11.5 Å². The molecule has 0 saturated carbocycles. The fraction of sp³-hybridized carbons (Fsp3) is 0.250. The Morgan fingerprint density at radius 2 is 1.59 bits per heavy atom. The van der Waals surface area contributed by atoms with Crippen LogP contribution in [0.15, 0.2) is 48.5 Å². The Morgan fingerprint density at radius 3 is 2.17 bits per heavy atom. The summed E-state index contributed by atoms with van der Waals surface area (Å²) in [5.41, 5.74) is 5.51. The summed E-state index contributed by atoms with van der Waals surface area (Å²) in [6, 6.07) is 12.1. The van der Waals surface area contributed by atoms with Crippen molar-refractivity contribution in [1.29, 1.82) is 0 Å². The number of benzene rings is 2. The van der Waals surface area contributed by atoms with Crippen LogP contribution in [-0.2, 0) is 10.2 Å². The van der Waals surface area contributed by atoms with E-state index in [0.29, 0.717) is 5.56 Å².